The van der Waals surface area contributed by atoms with Crippen molar-refractivity contribution in [3.05, 3.63) is 100 Å². The Balaban J connectivity index is 2.74. The highest BCUT2D eigenvalue weighted by Gasteiger charge is 2.48. The fraction of sp³-hybridized carbons (Fsp3) is 0.368. The van der Waals surface area contributed by atoms with Crippen LogP contribution < -0.4 is 0 Å². The molecule has 3 aromatic rings. The standard InChI is InChI=1S/C57H56O34/c1-3-5-7-9-11-12-13-14-15-17-19-21-89-53(83)38-36(52(82)88-20-18-16-10-8-6-4-2)32(50(78)79)33(51(80)81)37(56(86)90-54(84)34-28(46(70)71)24(42(62)63)22(40(58)59)25(43(64)65)29(34)47(72)73)39(38)57(87)91-55(85)35-30(48(74)75)26(44(66)67)23(41(60)61)27(45(68)69)31(35)49(76)77/h3-21H2,1-2H3,(H,58,59)(H,60,61)(H,62,63)(H,64,65)(H,66,67)(H,68,69)(H,70,71)(H,72,73)(H,74,75)(H,76,77)(H,78,79)(H,80,81). The Morgan fingerprint density at radius 2 is 0.330 bits per heavy atom. The molecule has 0 fully saturated rings. The first-order chi connectivity index (χ1) is 42.7. The normalized spacial score (nSPS) is 10.7. The average molecular weight is 1290 g/mol. The minimum Gasteiger partial charge on any atom is -0.478 e. The van der Waals surface area contributed by atoms with Crippen LogP contribution in [0.5, 0.6) is 0 Å². The highest BCUT2D eigenvalue weighted by molar-refractivity contribution is 6.29. The summed E-state index contributed by atoms with van der Waals surface area (Å²) >= 11 is 0. The molecule has 0 aliphatic heterocycles. The first-order valence-corrected chi connectivity index (χ1v) is 27.1. The van der Waals surface area contributed by atoms with Crippen molar-refractivity contribution in [2.75, 3.05) is 13.2 Å². The second-order valence-corrected chi connectivity index (χ2v) is 19.3. The Labute approximate surface area is 509 Å². The maximum atomic E-state index is 15.0. The molecule has 0 saturated heterocycles. The molecule has 0 aliphatic rings. The molecule has 34 heteroatoms. The summed E-state index contributed by atoms with van der Waals surface area (Å²) in [7, 11) is 0. The van der Waals surface area contributed by atoms with E-state index in [-0.39, 0.29) is 25.7 Å². The van der Waals surface area contributed by atoms with Crippen molar-refractivity contribution in [3.8, 4) is 0 Å². The molecule has 0 amide bonds. The summed E-state index contributed by atoms with van der Waals surface area (Å²) in [6.07, 6.45) is 10.3. The molecule has 12 N–H and O–H groups in total. The van der Waals surface area contributed by atoms with E-state index in [1.807, 2.05) is 13.8 Å². The van der Waals surface area contributed by atoms with Crippen molar-refractivity contribution in [2.24, 2.45) is 0 Å². The van der Waals surface area contributed by atoms with E-state index in [1.165, 1.54) is 0 Å². The van der Waals surface area contributed by atoms with Gasteiger partial charge in [0.2, 0.25) is 0 Å². The van der Waals surface area contributed by atoms with Crippen molar-refractivity contribution in [3.63, 3.8) is 0 Å². The predicted molar refractivity (Wildman–Crippen MR) is 293 cm³/mol. The minimum absolute atomic E-state index is 0.106. The lowest BCUT2D eigenvalue weighted by molar-refractivity contribution is 0.0340. The minimum atomic E-state index is -3.07. The SMILES string of the molecule is CCCCCCCCCCCCCOC(=O)c1c(C(=O)OCCCCCCCC)c(C(=O)O)c(C(=O)O)c(C(=O)OC(=O)c2c(C(=O)O)c(C(=O)O)c(C(=O)O)c(C(=O)O)c2C(=O)O)c1C(=O)OC(=O)c1c(C(=O)O)c(C(=O)O)c(C(=O)O)c(C(=O)O)c1C(=O)O. The predicted octanol–water partition coefficient (Wildman–Crippen LogP) is 7.04. The number of aromatic carboxylic acids is 12. The Morgan fingerprint density at radius 3 is 0.516 bits per heavy atom. The third-order valence-corrected chi connectivity index (χ3v) is 13.4. The summed E-state index contributed by atoms with van der Waals surface area (Å²) in [6.45, 7) is 2.27. The van der Waals surface area contributed by atoms with Crippen LogP contribution in [0.3, 0.4) is 0 Å². The van der Waals surface area contributed by atoms with Crippen LogP contribution in [0.1, 0.15) is 309 Å². The molecule has 0 unspecified atom stereocenters. The van der Waals surface area contributed by atoms with Gasteiger partial charge < -0.3 is 80.2 Å². The van der Waals surface area contributed by atoms with Gasteiger partial charge in [0.25, 0.3) is 0 Å². The molecule has 0 atom stereocenters. The van der Waals surface area contributed by atoms with E-state index in [4.69, 9.17) is 9.47 Å². The van der Waals surface area contributed by atoms with Gasteiger partial charge in [0.1, 0.15) is 0 Å². The molecule has 91 heavy (non-hydrogen) atoms. The molecule has 0 aliphatic carbocycles. The Hall–Kier alpha value is -11.5. The lowest BCUT2D eigenvalue weighted by Crippen LogP contribution is -2.33. The lowest BCUT2D eigenvalue weighted by atomic mass is 9.85. The average Bonchev–Trinajstić information content (AvgIpc) is 0.755. The van der Waals surface area contributed by atoms with Crippen LogP contribution in [0.25, 0.3) is 0 Å². The molecule has 3 aromatic carbocycles. The summed E-state index contributed by atoms with van der Waals surface area (Å²) < 4.78 is 19.6. The number of carbonyl (C=O) groups excluding carboxylic acids is 6. The highest BCUT2D eigenvalue weighted by atomic mass is 16.6. The van der Waals surface area contributed by atoms with Crippen LogP contribution in [-0.2, 0) is 18.9 Å². The van der Waals surface area contributed by atoms with E-state index in [0.29, 0.717) is 25.7 Å². The van der Waals surface area contributed by atoms with Gasteiger partial charge in [0.15, 0.2) is 0 Å². The van der Waals surface area contributed by atoms with Crippen LogP contribution in [0, 0.1) is 0 Å². The third-order valence-electron chi connectivity index (χ3n) is 13.4. The highest BCUT2D eigenvalue weighted by Crippen LogP contribution is 2.37. The number of benzene rings is 3. The van der Waals surface area contributed by atoms with Gasteiger partial charge >= 0.3 is 107 Å². The molecule has 0 radical (unpaired) electrons. The van der Waals surface area contributed by atoms with Crippen LogP contribution >= 0.6 is 0 Å². The number of ether oxygens (including phenoxy) is 4. The number of rotatable bonds is 37. The van der Waals surface area contributed by atoms with Gasteiger partial charge in [-0.05, 0) is 12.8 Å². The van der Waals surface area contributed by atoms with Crippen molar-refractivity contribution in [1.82, 2.24) is 0 Å². The van der Waals surface area contributed by atoms with E-state index in [2.05, 4.69) is 9.47 Å². The molecule has 488 valence electrons. The number of hydrogen-bond acceptors (Lipinski definition) is 22. The monoisotopic (exact) mass is 1280 g/mol. The van der Waals surface area contributed by atoms with E-state index < -0.39 is 221 Å². The molecule has 0 bridgehead atoms. The number of unbranched alkanes of at least 4 members (excludes halogenated alkanes) is 15. The van der Waals surface area contributed by atoms with Gasteiger partial charge in [-0.3, -0.25) is 0 Å². The van der Waals surface area contributed by atoms with E-state index in [1.54, 1.807) is 0 Å². The number of carbonyl (C=O) groups is 18. The second kappa shape index (κ2) is 33.0. The van der Waals surface area contributed by atoms with Gasteiger partial charge in [-0.25, -0.2) is 86.3 Å². The van der Waals surface area contributed by atoms with Gasteiger partial charge in [0, 0.05) is 0 Å². The van der Waals surface area contributed by atoms with Crippen molar-refractivity contribution < 1.29 is 167 Å². The molecule has 3 rings (SSSR count). The van der Waals surface area contributed by atoms with Crippen molar-refractivity contribution >= 4 is 107 Å². The summed E-state index contributed by atoms with van der Waals surface area (Å²) in [5.74, 6) is -49.9. The summed E-state index contributed by atoms with van der Waals surface area (Å²) in [5.41, 5.74) is -41.0. The van der Waals surface area contributed by atoms with Crippen LogP contribution in [0.2, 0.25) is 0 Å². The Morgan fingerprint density at radius 1 is 0.198 bits per heavy atom. The molecule has 0 aromatic heterocycles. The zero-order valence-corrected chi connectivity index (χ0v) is 47.8. The largest absolute Gasteiger partial charge is 0.478 e. The molecule has 0 saturated carbocycles. The summed E-state index contributed by atoms with van der Waals surface area (Å²) in [4.78, 5) is 241. The van der Waals surface area contributed by atoms with Gasteiger partial charge in [-0.2, -0.15) is 0 Å². The number of carboxylic acids is 12. The van der Waals surface area contributed by atoms with E-state index >= 15 is 4.79 Å². The molecular formula is C57H56O34. The van der Waals surface area contributed by atoms with E-state index in [9.17, 15) is 143 Å². The first kappa shape index (κ1) is 73.8. The third kappa shape index (κ3) is 17.2. The zero-order chi connectivity index (χ0) is 69.0. The Bertz CT molecular complexity index is 3490. The maximum Gasteiger partial charge on any atom is 0.347 e. The van der Waals surface area contributed by atoms with Crippen molar-refractivity contribution in [2.45, 2.75) is 123 Å². The number of hydrogen-bond donors (Lipinski definition) is 12. The summed E-state index contributed by atoms with van der Waals surface area (Å²) in [6, 6.07) is 0. The van der Waals surface area contributed by atoms with Gasteiger partial charge in [-0.15, -0.1) is 0 Å². The van der Waals surface area contributed by atoms with E-state index in [0.717, 1.165) is 57.8 Å². The first-order valence-electron chi connectivity index (χ1n) is 27.1. The quantitative estimate of drug-likeness (QED) is 0.0119. The lowest BCUT2D eigenvalue weighted by Gasteiger charge is -2.21. The van der Waals surface area contributed by atoms with Crippen LogP contribution in [0.15, 0.2) is 0 Å². The molecule has 0 spiro atoms. The fourth-order valence-electron chi connectivity index (χ4n) is 9.54. The van der Waals surface area contributed by atoms with Crippen molar-refractivity contribution in [1.29, 1.82) is 0 Å². The topological polar surface area (TPSA) is 587 Å². The van der Waals surface area contributed by atoms with Crippen LogP contribution in [-0.4, -0.2) is 182 Å². The maximum absolute atomic E-state index is 15.0. The zero-order valence-electron chi connectivity index (χ0n) is 47.8. The Kier molecular flexibility index (Phi) is 26.8. The fourth-order valence-corrected chi connectivity index (χ4v) is 9.54. The molecule has 0 heterocycles. The number of esters is 6. The smallest absolute Gasteiger partial charge is 0.347 e. The summed E-state index contributed by atoms with van der Waals surface area (Å²) in [5, 5.41) is 122. The van der Waals surface area contributed by atoms with Gasteiger partial charge in [0.05, 0.1) is 113 Å². The number of carboxylic acid groups (broad SMARTS) is 12. The molecule has 34 nitrogen and oxygen atoms in total. The second-order valence-electron chi connectivity index (χ2n) is 19.3. The van der Waals surface area contributed by atoms with Gasteiger partial charge in [-0.1, -0.05) is 110 Å². The molecular weight excluding hydrogens is 1230 g/mol. The van der Waals surface area contributed by atoms with Crippen LogP contribution in [0.4, 0.5) is 0 Å².